The number of amidine groups is 2. The maximum atomic E-state index is 6.72. The van der Waals surface area contributed by atoms with Crippen molar-refractivity contribution in [1.82, 2.24) is 5.32 Å². The number of benzene rings is 8. The van der Waals surface area contributed by atoms with Crippen LogP contribution in [0.15, 0.2) is 195 Å². The van der Waals surface area contributed by atoms with Gasteiger partial charge in [-0.2, -0.15) is 0 Å². The van der Waals surface area contributed by atoms with Gasteiger partial charge in [0.1, 0.15) is 34.0 Å². The number of hydrogen-bond donors (Lipinski definition) is 1. The number of para-hydroxylation sites is 2. The molecule has 1 atom stereocenters. The van der Waals surface area contributed by atoms with Gasteiger partial charge >= 0.3 is 0 Å². The Morgan fingerprint density at radius 1 is 0.407 bits per heavy atom. The number of rotatable bonds is 5. The molecule has 1 aliphatic rings. The van der Waals surface area contributed by atoms with E-state index in [0.29, 0.717) is 0 Å². The molecule has 0 radical (unpaired) electrons. The second kappa shape index (κ2) is 12.2. The van der Waals surface area contributed by atoms with Gasteiger partial charge in [-0.15, -0.1) is 0 Å². The lowest BCUT2D eigenvalue weighted by Gasteiger charge is -2.23. The molecule has 0 spiro atoms. The van der Waals surface area contributed by atoms with Crippen molar-refractivity contribution in [3.05, 3.63) is 193 Å². The topological polar surface area (TPSA) is 63.0 Å². The minimum Gasteiger partial charge on any atom is -0.456 e. The third-order valence-electron chi connectivity index (χ3n) is 10.6. The van der Waals surface area contributed by atoms with E-state index in [2.05, 4.69) is 145 Å². The molecule has 0 fully saturated rings. The van der Waals surface area contributed by atoms with E-state index >= 15 is 0 Å². The Morgan fingerprint density at radius 2 is 1.06 bits per heavy atom. The van der Waals surface area contributed by atoms with E-state index in [1.165, 1.54) is 10.9 Å². The molecule has 5 nitrogen and oxygen atoms in total. The smallest absolute Gasteiger partial charge is 0.170 e. The van der Waals surface area contributed by atoms with E-state index < -0.39 is 6.17 Å². The largest absolute Gasteiger partial charge is 0.456 e. The summed E-state index contributed by atoms with van der Waals surface area (Å²) in [5.74, 6) is 1.54. The zero-order chi connectivity index (χ0) is 35.6. The minimum absolute atomic E-state index is 0.517. The lowest BCUT2D eigenvalue weighted by atomic mass is 9.98. The average molecular weight is 694 g/mol. The first-order valence-corrected chi connectivity index (χ1v) is 18.2. The number of fused-ring (bicyclic) bond motifs is 7. The van der Waals surface area contributed by atoms with Gasteiger partial charge in [-0.3, -0.25) is 0 Å². The van der Waals surface area contributed by atoms with Crippen molar-refractivity contribution in [3.8, 4) is 22.3 Å². The van der Waals surface area contributed by atoms with Crippen molar-refractivity contribution in [2.24, 2.45) is 9.98 Å². The molecule has 1 unspecified atom stereocenters. The van der Waals surface area contributed by atoms with E-state index in [1.54, 1.807) is 0 Å². The van der Waals surface area contributed by atoms with E-state index in [0.717, 1.165) is 94.3 Å². The third kappa shape index (κ3) is 5.01. The normalized spacial score (nSPS) is 14.5. The van der Waals surface area contributed by atoms with Crippen LogP contribution in [0, 0.1) is 0 Å². The summed E-state index contributed by atoms with van der Waals surface area (Å²) in [7, 11) is 0. The molecule has 3 heterocycles. The van der Waals surface area contributed by atoms with E-state index in [-0.39, 0.29) is 0 Å². The van der Waals surface area contributed by atoms with Crippen LogP contribution in [0.2, 0.25) is 0 Å². The first-order chi connectivity index (χ1) is 26.7. The number of furan rings is 2. The van der Waals surface area contributed by atoms with Crippen LogP contribution in [0.4, 0.5) is 0 Å². The molecule has 2 aromatic heterocycles. The molecule has 8 aromatic carbocycles. The molecule has 0 saturated carbocycles. The highest BCUT2D eigenvalue weighted by molar-refractivity contribution is 6.17. The first-order valence-electron chi connectivity index (χ1n) is 18.2. The fourth-order valence-corrected chi connectivity index (χ4v) is 7.88. The van der Waals surface area contributed by atoms with Gasteiger partial charge in [-0.05, 0) is 57.8 Å². The molecule has 10 aromatic rings. The molecule has 54 heavy (non-hydrogen) atoms. The monoisotopic (exact) mass is 693 g/mol. The van der Waals surface area contributed by atoms with E-state index in [4.69, 9.17) is 18.8 Å². The van der Waals surface area contributed by atoms with Crippen molar-refractivity contribution in [1.29, 1.82) is 0 Å². The highest BCUT2D eigenvalue weighted by Crippen LogP contribution is 2.41. The summed E-state index contributed by atoms with van der Waals surface area (Å²) < 4.78 is 13.0. The molecule has 5 heteroatoms. The van der Waals surface area contributed by atoms with Gasteiger partial charge < -0.3 is 14.2 Å². The Kier molecular flexibility index (Phi) is 6.85. The molecule has 0 amide bonds. The second-order valence-corrected chi connectivity index (χ2v) is 13.8. The van der Waals surface area contributed by atoms with Crippen molar-refractivity contribution >= 4 is 66.3 Å². The summed E-state index contributed by atoms with van der Waals surface area (Å²) in [6.45, 7) is 0. The van der Waals surface area contributed by atoms with Gasteiger partial charge in [-0.1, -0.05) is 146 Å². The van der Waals surface area contributed by atoms with Crippen molar-refractivity contribution in [3.63, 3.8) is 0 Å². The van der Waals surface area contributed by atoms with Gasteiger partial charge in [0.05, 0.1) is 0 Å². The Bertz CT molecular complexity index is 3130. The Balaban J connectivity index is 1.06. The standard InChI is InChI=1S/C49H31N3O2/c1-2-10-30(11-3-1)32-20-23-33(24-21-32)47-50-48(36-25-22-31-12-4-5-13-34(31)28-36)52-49(51-47)41-17-9-19-43-45(41)40-16-8-15-37(46(40)54-43)35-26-27-39-38-14-6-7-18-42(38)53-44(39)29-35/h1-29,49H,(H,50,51,52). The SMILES string of the molecule is c1ccc(-c2ccc(C3=NC(c4cccc5oc6c(-c7ccc8c(c7)oc7ccccc78)cccc6c45)N=C(c4ccc5ccccc5c4)N3)cc2)cc1. The van der Waals surface area contributed by atoms with Gasteiger partial charge in [0.15, 0.2) is 6.17 Å². The van der Waals surface area contributed by atoms with Crippen molar-refractivity contribution in [2.45, 2.75) is 6.17 Å². The molecule has 0 saturated heterocycles. The van der Waals surface area contributed by atoms with Crippen LogP contribution in [0.1, 0.15) is 22.9 Å². The summed E-state index contributed by atoms with van der Waals surface area (Å²) >= 11 is 0. The Hall–Kier alpha value is -7.24. The number of hydrogen-bond acceptors (Lipinski definition) is 5. The molecule has 254 valence electrons. The second-order valence-electron chi connectivity index (χ2n) is 13.8. The molecular weight excluding hydrogens is 663 g/mol. The fraction of sp³-hybridized carbons (Fsp3) is 0.0204. The van der Waals surface area contributed by atoms with Crippen LogP contribution in [0.5, 0.6) is 0 Å². The average Bonchev–Trinajstić information content (AvgIpc) is 3.82. The summed E-state index contributed by atoms with van der Waals surface area (Å²) in [6.07, 6.45) is -0.517. The predicted octanol–water partition coefficient (Wildman–Crippen LogP) is 12.5. The van der Waals surface area contributed by atoms with Crippen LogP contribution < -0.4 is 5.32 Å². The highest BCUT2D eigenvalue weighted by Gasteiger charge is 2.25. The molecule has 11 rings (SSSR count). The number of nitrogens with one attached hydrogen (secondary N) is 1. The summed E-state index contributed by atoms with van der Waals surface area (Å²) in [4.78, 5) is 10.6. The maximum Gasteiger partial charge on any atom is 0.170 e. The Labute approximate surface area is 310 Å². The third-order valence-corrected chi connectivity index (χ3v) is 10.6. The number of aliphatic imine (C=N–C) groups is 2. The Morgan fingerprint density at radius 3 is 1.94 bits per heavy atom. The van der Waals surface area contributed by atoms with E-state index in [1.807, 2.05) is 36.4 Å². The predicted molar refractivity (Wildman–Crippen MR) is 221 cm³/mol. The van der Waals surface area contributed by atoms with Gasteiger partial charge in [-0.25, -0.2) is 9.98 Å². The molecule has 1 aliphatic heterocycles. The summed E-state index contributed by atoms with van der Waals surface area (Å²) in [5.41, 5.74) is 10.7. The van der Waals surface area contributed by atoms with Crippen LogP contribution in [-0.2, 0) is 0 Å². The van der Waals surface area contributed by atoms with Crippen LogP contribution in [0.25, 0.3) is 76.9 Å². The van der Waals surface area contributed by atoms with Crippen molar-refractivity contribution in [2.75, 3.05) is 0 Å². The maximum absolute atomic E-state index is 6.72. The zero-order valence-electron chi connectivity index (χ0n) is 29.0. The first kappa shape index (κ1) is 30.4. The van der Waals surface area contributed by atoms with Crippen LogP contribution in [0.3, 0.4) is 0 Å². The van der Waals surface area contributed by atoms with Crippen LogP contribution >= 0.6 is 0 Å². The van der Waals surface area contributed by atoms with Gasteiger partial charge in [0.25, 0.3) is 0 Å². The number of nitrogens with zero attached hydrogens (tertiary/aromatic N) is 2. The van der Waals surface area contributed by atoms with E-state index in [9.17, 15) is 0 Å². The quantitative estimate of drug-likeness (QED) is 0.195. The lowest BCUT2D eigenvalue weighted by Crippen LogP contribution is -2.36. The fourth-order valence-electron chi connectivity index (χ4n) is 7.88. The highest BCUT2D eigenvalue weighted by atomic mass is 16.3. The molecular formula is C49H31N3O2. The van der Waals surface area contributed by atoms with Gasteiger partial charge in [0.2, 0.25) is 0 Å². The zero-order valence-corrected chi connectivity index (χ0v) is 29.0. The summed E-state index contributed by atoms with van der Waals surface area (Å²) in [6, 6.07) is 61.0. The minimum atomic E-state index is -0.517. The summed E-state index contributed by atoms with van der Waals surface area (Å²) in [5, 5.41) is 10.2. The lowest BCUT2D eigenvalue weighted by molar-refractivity contribution is 0.667. The molecule has 0 bridgehead atoms. The molecule has 1 N–H and O–H groups in total. The van der Waals surface area contributed by atoms with Crippen molar-refractivity contribution < 1.29 is 8.83 Å². The molecule has 0 aliphatic carbocycles. The van der Waals surface area contributed by atoms with Gasteiger partial charge in [0, 0.05) is 43.8 Å². The van der Waals surface area contributed by atoms with Crippen LogP contribution in [-0.4, -0.2) is 11.7 Å².